The van der Waals surface area contributed by atoms with Crippen LogP contribution in [0.3, 0.4) is 0 Å². The van der Waals surface area contributed by atoms with Crippen LogP contribution in [-0.2, 0) is 4.74 Å². The highest BCUT2D eigenvalue weighted by atomic mass is 16.6. The van der Waals surface area contributed by atoms with E-state index in [0.29, 0.717) is 6.42 Å². The van der Waals surface area contributed by atoms with E-state index in [1.54, 1.807) is 27.8 Å². The molecule has 0 aliphatic heterocycles. The second-order valence-corrected chi connectivity index (χ2v) is 5.32. The fourth-order valence-corrected chi connectivity index (χ4v) is 1.40. The van der Waals surface area contributed by atoms with E-state index < -0.39 is 17.8 Å². The Labute approximate surface area is 109 Å². The van der Waals surface area contributed by atoms with Crippen LogP contribution in [0.25, 0.3) is 0 Å². The van der Waals surface area contributed by atoms with Gasteiger partial charge in [0.1, 0.15) is 5.60 Å². The van der Waals surface area contributed by atoms with Gasteiger partial charge in [-0.25, -0.2) is 9.59 Å². The van der Waals surface area contributed by atoms with Gasteiger partial charge in [0, 0.05) is 20.6 Å². The smallest absolute Gasteiger partial charge is 0.410 e. The summed E-state index contributed by atoms with van der Waals surface area (Å²) in [5.74, 6) is 0. The molecule has 0 spiro atoms. The summed E-state index contributed by atoms with van der Waals surface area (Å²) in [6.07, 6.45) is -0.785. The molecular formula is C12H24N2O4. The number of amides is 2. The molecule has 2 amide bonds. The predicted octanol–water partition coefficient (Wildman–Crippen LogP) is 2.24. The minimum Gasteiger partial charge on any atom is -0.465 e. The zero-order valence-corrected chi connectivity index (χ0v) is 12.1. The third-order valence-electron chi connectivity index (χ3n) is 2.51. The molecule has 6 nitrogen and oxygen atoms in total. The molecule has 0 saturated carbocycles. The van der Waals surface area contributed by atoms with E-state index in [1.807, 2.05) is 6.92 Å². The maximum Gasteiger partial charge on any atom is 0.410 e. The number of hydrogen-bond donors (Lipinski definition) is 1. The summed E-state index contributed by atoms with van der Waals surface area (Å²) in [5.41, 5.74) is -0.553. The maximum absolute atomic E-state index is 11.8. The Morgan fingerprint density at radius 2 is 1.78 bits per heavy atom. The van der Waals surface area contributed by atoms with Crippen LogP contribution in [0.15, 0.2) is 0 Å². The average Bonchev–Trinajstić information content (AvgIpc) is 2.21. The molecule has 0 aromatic rings. The highest BCUT2D eigenvalue weighted by Crippen LogP contribution is 2.12. The third kappa shape index (κ3) is 5.75. The summed E-state index contributed by atoms with van der Waals surface area (Å²) in [4.78, 5) is 25.2. The van der Waals surface area contributed by atoms with Crippen LogP contribution < -0.4 is 0 Å². The second kappa shape index (κ2) is 6.47. The van der Waals surface area contributed by atoms with Crippen molar-refractivity contribution in [1.82, 2.24) is 9.80 Å². The van der Waals surface area contributed by atoms with Crippen LogP contribution in [0.2, 0.25) is 0 Å². The van der Waals surface area contributed by atoms with Crippen molar-refractivity contribution < 1.29 is 19.4 Å². The van der Waals surface area contributed by atoms with Crippen molar-refractivity contribution in [3.8, 4) is 0 Å². The molecule has 0 rings (SSSR count). The van der Waals surface area contributed by atoms with Crippen LogP contribution in [0.4, 0.5) is 9.59 Å². The third-order valence-corrected chi connectivity index (χ3v) is 2.51. The normalized spacial score (nSPS) is 12.8. The minimum atomic E-state index is -1.01. The summed E-state index contributed by atoms with van der Waals surface area (Å²) >= 11 is 0. The van der Waals surface area contributed by atoms with E-state index >= 15 is 0 Å². The van der Waals surface area contributed by atoms with Gasteiger partial charge in [0.05, 0.1) is 6.04 Å². The summed E-state index contributed by atoms with van der Waals surface area (Å²) in [5, 5.41) is 8.82. The van der Waals surface area contributed by atoms with Gasteiger partial charge in [0.2, 0.25) is 0 Å². The Bertz CT molecular complexity index is 299. The van der Waals surface area contributed by atoms with Gasteiger partial charge in [-0.05, 0) is 27.2 Å². The summed E-state index contributed by atoms with van der Waals surface area (Å²) in [6, 6.07) is -0.194. The molecule has 0 radical (unpaired) electrons. The van der Waals surface area contributed by atoms with Gasteiger partial charge in [-0.1, -0.05) is 6.92 Å². The first-order valence-electron chi connectivity index (χ1n) is 5.98. The zero-order chi connectivity index (χ0) is 14.5. The molecule has 0 aliphatic carbocycles. The van der Waals surface area contributed by atoms with Gasteiger partial charge in [-0.2, -0.15) is 0 Å². The zero-order valence-electron chi connectivity index (χ0n) is 12.1. The number of carbonyl (C=O) groups is 2. The van der Waals surface area contributed by atoms with E-state index in [4.69, 9.17) is 9.84 Å². The molecule has 1 unspecified atom stereocenters. The van der Waals surface area contributed by atoms with Gasteiger partial charge in [0.25, 0.3) is 0 Å². The first-order valence-corrected chi connectivity index (χ1v) is 5.98. The molecule has 0 aliphatic rings. The molecule has 0 saturated heterocycles. The molecule has 0 bridgehead atoms. The molecule has 0 heterocycles. The van der Waals surface area contributed by atoms with Crippen LogP contribution >= 0.6 is 0 Å². The molecule has 18 heavy (non-hydrogen) atoms. The summed E-state index contributed by atoms with van der Waals surface area (Å²) in [6.45, 7) is 7.55. The minimum absolute atomic E-state index is 0.194. The predicted molar refractivity (Wildman–Crippen MR) is 68.7 cm³/mol. The van der Waals surface area contributed by atoms with E-state index in [0.717, 1.165) is 4.90 Å². The molecule has 0 aromatic heterocycles. The number of rotatable bonds is 4. The maximum atomic E-state index is 11.8. The first-order chi connectivity index (χ1) is 8.08. The van der Waals surface area contributed by atoms with Crippen LogP contribution in [0.1, 0.15) is 34.1 Å². The van der Waals surface area contributed by atoms with Crippen molar-refractivity contribution in [2.24, 2.45) is 0 Å². The van der Waals surface area contributed by atoms with E-state index in [9.17, 15) is 9.59 Å². The number of nitrogens with zero attached hydrogens (tertiary/aromatic N) is 2. The Hall–Kier alpha value is -1.46. The van der Waals surface area contributed by atoms with Gasteiger partial charge < -0.3 is 19.6 Å². The van der Waals surface area contributed by atoms with E-state index in [2.05, 4.69) is 0 Å². The number of ether oxygens (including phenoxy) is 1. The fourth-order valence-electron chi connectivity index (χ4n) is 1.40. The highest BCUT2D eigenvalue weighted by Gasteiger charge is 2.25. The van der Waals surface area contributed by atoms with Crippen molar-refractivity contribution in [3.63, 3.8) is 0 Å². The van der Waals surface area contributed by atoms with Crippen molar-refractivity contribution in [1.29, 1.82) is 0 Å². The topological polar surface area (TPSA) is 70.1 Å². The molecule has 0 fully saturated rings. The van der Waals surface area contributed by atoms with Crippen LogP contribution in [0.5, 0.6) is 0 Å². The van der Waals surface area contributed by atoms with Crippen molar-refractivity contribution in [3.05, 3.63) is 0 Å². The van der Waals surface area contributed by atoms with Gasteiger partial charge in [-0.3, -0.25) is 0 Å². The molecule has 0 aromatic carbocycles. The number of likely N-dealkylation sites (N-methyl/N-ethyl adjacent to an activating group) is 2. The van der Waals surface area contributed by atoms with Gasteiger partial charge >= 0.3 is 12.2 Å². The molecule has 1 atom stereocenters. The van der Waals surface area contributed by atoms with Gasteiger partial charge in [-0.15, -0.1) is 0 Å². The second-order valence-electron chi connectivity index (χ2n) is 5.32. The molecule has 106 valence electrons. The Kier molecular flexibility index (Phi) is 5.94. The van der Waals surface area contributed by atoms with E-state index in [1.165, 1.54) is 11.9 Å². The average molecular weight is 260 g/mol. The Morgan fingerprint density at radius 1 is 1.28 bits per heavy atom. The Balaban J connectivity index is 4.56. The summed E-state index contributed by atoms with van der Waals surface area (Å²) < 4.78 is 5.25. The highest BCUT2D eigenvalue weighted by molar-refractivity contribution is 5.68. The van der Waals surface area contributed by atoms with Gasteiger partial charge in [0.15, 0.2) is 0 Å². The molecule has 6 heteroatoms. The first kappa shape index (κ1) is 16.5. The van der Waals surface area contributed by atoms with Crippen LogP contribution in [-0.4, -0.2) is 59.4 Å². The van der Waals surface area contributed by atoms with Crippen molar-refractivity contribution in [2.45, 2.75) is 45.8 Å². The Morgan fingerprint density at radius 3 is 2.11 bits per heavy atom. The molecular weight excluding hydrogens is 236 g/mol. The standard InChI is InChI=1S/C12H24N2O4/c1-7-9(8-13(5)10(15)16)14(6)11(17)18-12(2,3)4/h9H,7-8H2,1-6H3,(H,15,16). The number of carboxylic acid groups (broad SMARTS) is 1. The largest absolute Gasteiger partial charge is 0.465 e. The number of hydrogen-bond acceptors (Lipinski definition) is 3. The SMILES string of the molecule is CCC(CN(C)C(=O)O)N(C)C(=O)OC(C)(C)C. The quantitative estimate of drug-likeness (QED) is 0.841. The lowest BCUT2D eigenvalue weighted by molar-refractivity contribution is 0.0190. The lowest BCUT2D eigenvalue weighted by Crippen LogP contribution is -2.46. The fraction of sp³-hybridized carbons (Fsp3) is 0.833. The number of carbonyl (C=O) groups excluding carboxylic acids is 1. The lowest BCUT2D eigenvalue weighted by atomic mass is 10.2. The summed E-state index contributed by atoms with van der Waals surface area (Å²) in [7, 11) is 3.10. The van der Waals surface area contributed by atoms with Crippen LogP contribution in [0, 0.1) is 0 Å². The van der Waals surface area contributed by atoms with Crippen molar-refractivity contribution >= 4 is 12.2 Å². The van der Waals surface area contributed by atoms with E-state index in [-0.39, 0.29) is 12.6 Å². The molecule has 1 N–H and O–H groups in total. The van der Waals surface area contributed by atoms with Crippen molar-refractivity contribution in [2.75, 3.05) is 20.6 Å². The lowest BCUT2D eigenvalue weighted by Gasteiger charge is -2.31. The monoisotopic (exact) mass is 260 g/mol.